The fourth-order valence-electron chi connectivity index (χ4n) is 2.63. The number of aromatic nitrogens is 2. The number of hydrogen-bond donors (Lipinski definition) is 2. The molecule has 21 heavy (non-hydrogen) atoms. The number of carboxylic acid groups (broad SMARTS) is 1. The summed E-state index contributed by atoms with van der Waals surface area (Å²) in [7, 11) is -3.06. The van der Waals surface area contributed by atoms with Crippen LogP contribution >= 0.6 is 0 Å². The molecule has 0 saturated carbocycles. The molecule has 1 saturated heterocycles. The summed E-state index contributed by atoms with van der Waals surface area (Å²) < 4.78 is 24.8. The number of anilines is 1. The van der Waals surface area contributed by atoms with Crippen molar-refractivity contribution in [1.29, 1.82) is 0 Å². The highest BCUT2D eigenvalue weighted by Crippen LogP contribution is 2.22. The summed E-state index contributed by atoms with van der Waals surface area (Å²) in [6.07, 6.45) is 2.89. The molecule has 7 nitrogen and oxygen atoms in total. The van der Waals surface area contributed by atoms with Gasteiger partial charge in [0, 0.05) is 12.2 Å². The Labute approximate surface area is 121 Å². The molecule has 1 fully saturated rings. The summed E-state index contributed by atoms with van der Waals surface area (Å²) in [6, 6.07) is 4.89. The summed E-state index contributed by atoms with van der Waals surface area (Å²) in [5.74, 6) is -0.673. The zero-order valence-electron chi connectivity index (χ0n) is 11.2. The van der Waals surface area contributed by atoms with Gasteiger partial charge in [0.05, 0.1) is 11.5 Å². The van der Waals surface area contributed by atoms with Crippen molar-refractivity contribution in [2.75, 3.05) is 16.8 Å². The number of imidazole rings is 1. The van der Waals surface area contributed by atoms with Crippen LogP contribution in [-0.4, -0.2) is 46.4 Å². The Morgan fingerprint density at radius 2 is 2.24 bits per heavy atom. The van der Waals surface area contributed by atoms with Gasteiger partial charge in [0.15, 0.2) is 21.3 Å². The summed E-state index contributed by atoms with van der Waals surface area (Å²) in [5, 5.41) is 12.3. The van der Waals surface area contributed by atoms with Gasteiger partial charge >= 0.3 is 5.97 Å². The highest BCUT2D eigenvalue weighted by molar-refractivity contribution is 7.91. The van der Waals surface area contributed by atoms with Crippen LogP contribution in [0.5, 0.6) is 0 Å². The van der Waals surface area contributed by atoms with Crippen molar-refractivity contribution < 1.29 is 18.3 Å². The fraction of sp³-hybridized carbons (Fsp3) is 0.385. The topological polar surface area (TPSA) is 101 Å². The lowest BCUT2D eigenvalue weighted by Crippen LogP contribution is -2.35. The zero-order valence-corrected chi connectivity index (χ0v) is 12.0. The van der Waals surface area contributed by atoms with Crippen LogP contribution in [0.3, 0.4) is 0 Å². The molecule has 2 aromatic heterocycles. The number of nitrogens with zero attached hydrogens (tertiary/aromatic N) is 2. The largest absolute Gasteiger partial charge is 0.476 e. The maximum Gasteiger partial charge on any atom is 0.356 e. The molecule has 3 heterocycles. The molecule has 0 spiro atoms. The lowest BCUT2D eigenvalue weighted by Gasteiger charge is -2.23. The van der Waals surface area contributed by atoms with E-state index in [4.69, 9.17) is 0 Å². The van der Waals surface area contributed by atoms with Crippen LogP contribution in [0.2, 0.25) is 0 Å². The van der Waals surface area contributed by atoms with Gasteiger partial charge < -0.3 is 10.4 Å². The van der Waals surface area contributed by atoms with E-state index in [2.05, 4.69) is 10.3 Å². The SMILES string of the molecule is O=C(O)c1c(NC2CCCS(=O)(=O)C2)nc2ccccn12. The third kappa shape index (κ3) is 2.71. The van der Waals surface area contributed by atoms with E-state index < -0.39 is 15.8 Å². The molecule has 1 unspecified atom stereocenters. The van der Waals surface area contributed by atoms with Gasteiger partial charge in [-0.15, -0.1) is 0 Å². The lowest BCUT2D eigenvalue weighted by atomic mass is 10.2. The van der Waals surface area contributed by atoms with Gasteiger partial charge in [-0.2, -0.15) is 0 Å². The third-order valence-electron chi connectivity index (χ3n) is 3.54. The summed E-state index contributed by atoms with van der Waals surface area (Å²) >= 11 is 0. The average molecular weight is 309 g/mol. The summed E-state index contributed by atoms with van der Waals surface area (Å²) in [4.78, 5) is 15.7. The maximum atomic E-state index is 11.7. The first kappa shape index (κ1) is 13.9. The Kier molecular flexibility index (Phi) is 3.32. The molecular formula is C13H15N3O4S. The molecule has 2 N–H and O–H groups in total. The van der Waals surface area contributed by atoms with Gasteiger partial charge in [-0.05, 0) is 25.0 Å². The van der Waals surface area contributed by atoms with Crippen molar-refractivity contribution in [3.63, 3.8) is 0 Å². The Morgan fingerprint density at radius 1 is 1.43 bits per heavy atom. The Balaban J connectivity index is 1.97. The van der Waals surface area contributed by atoms with E-state index in [0.29, 0.717) is 18.5 Å². The van der Waals surface area contributed by atoms with Gasteiger partial charge in [0.2, 0.25) is 0 Å². The van der Waals surface area contributed by atoms with Gasteiger partial charge in [-0.3, -0.25) is 4.40 Å². The quantitative estimate of drug-likeness (QED) is 0.878. The van der Waals surface area contributed by atoms with Crippen LogP contribution in [0.1, 0.15) is 23.3 Å². The third-order valence-corrected chi connectivity index (χ3v) is 5.36. The Bertz CT molecular complexity index is 797. The normalized spacial score (nSPS) is 21.2. The standard InChI is InChI=1S/C13H15N3O4S/c17-13(18)11-12(15-10-5-1-2-6-16(10)11)14-9-4-3-7-21(19,20)8-9/h1-2,5-6,9,14H,3-4,7-8H2,(H,17,18). The van der Waals surface area contributed by atoms with Crippen LogP contribution in [0, 0.1) is 0 Å². The Hall–Kier alpha value is -2.09. The smallest absolute Gasteiger partial charge is 0.356 e. The van der Waals surface area contributed by atoms with E-state index in [1.165, 1.54) is 4.40 Å². The zero-order chi connectivity index (χ0) is 15.0. The van der Waals surface area contributed by atoms with E-state index >= 15 is 0 Å². The molecule has 0 amide bonds. The number of rotatable bonds is 3. The van der Waals surface area contributed by atoms with Crippen molar-refractivity contribution in [2.45, 2.75) is 18.9 Å². The van der Waals surface area contributed by atoms with E-state index in [9.17, 15) is 18.3 Å². The second-order valence-corrected chi connectivity index (χ2v) is 7.37. The van der Waals surface area contributed by atoms with Gasteiger partial charge in [-0.1, -0.05) is 6.07 Å². The highest BCUT2D eigenvalue weighted by atomic mass is 32.2. The molecule has 0 radical (unpaired) electrons. The molecule has 2 aromatic rings. The van der Waals surface area contributed by atoms with E-state index in [0.717, 1.165) is 0 Å². The average Bonchev–Trinajstić information content (AvgIpc) is 2.75. The van der Waals surface area contributed by atoms with Crippen molar-refractivity contribution in [1.82, 2.24) is 9.38 Å². The molecule has 0 aromatic carbocycles. The molecule has 1 aliphatic rings. The van der Waals surface area contributed by atoms with Gasteiger partial charge in [0.1, 0.15) is 5.65 Å². The number of carbonyl (C=O) groups is 1. The monoisotopic (exact) mass is 309 g/mol. The first-order valence-electron chi connectivity index (χ1n) is 6.63. The first-order chi connectivity index (χ1) is 9.96. The number of fused-ring (bicyclic) bond motifs is 1. The predicted octanol–water partition coefficient (Wildman–Crippen LogP) is 1.02. The number of hydrogen-bond acceptors (Lipinski definition) is 5. The van der Waals surface area contributed by atoms with E-state index in [1.807, 2.05) is 0 Å². The van der Waals surface area contributed by atoms with Crippen LogP contribution < -0.4 is 5.32 Å². The van der Waals surface area contributed by atoms with Gasteiger partial charge in [0.25, 0.3) is 0 Å². The summed E-state index contributed by atoms with van der Waals surface area (Å²) in [5.41, 5.74) is 0.532. The van der Waals surface area contributed by atoms with Crippen LogP contribution in [0.15, 0.2) is 24.4 Å². The maximum absolute atomic E-state index is 11.7. The minimum Gasteiger partial charge on any atom is -0.476 e. The molecule has 0 aliphatic carbocycles. The molecule has 3 rings (SSSR count). The van der Waals surface area contributed by atoms with Crippen molar-refractivity contribution >= 4 is 27.3 Å². The van der Waals surface area contributed by atoms with Crippen LogP contribution in [0.25, 0.3) is 5.65 Å². The van der Waals surface area contributed by atoms with Crippen molar-refractivity contribution in [2.24, 2.45) is 0 Å². The molecule has 0 bridgehead atoms. The number of carboxylic acids is 1. The second kappa shape index (κ2) is 5.03. The Morgan fingerprint density at radius 3 is 2.95 bits per heavy atom. The fourth-order valence-corrected chi connectivity index (χ4v) is 4.27. The molecule has 112 valence electrons. The minimum absolute atomic E-state index is 0.0138. The lowest BCUT2D eigenvalue weighted by molar-refractivity contribution is 0.0690. The molecule has 1 aliphatic heterocycles. The molecule has 8 heteroatoms. The molecule has 1 atom stereocenters. The van der Waals surface area contributed by atoms with Crippen molar-refractivity contribution in [3.05, 3.63) is 30.1 Å². The van der Waals surface area contributed by atoms with Crippen LogP contribution in [-0.2, 0) is 9.84 Å². The number of nitrogens with one attached hydrogen (secondary N) is 1. The second-order valence-electron chi connectivity index (χ2n) is 5.14. The number of sulfone groups is 1. The molecular weight excluding hydrogens is 294 g/mol. The number of pyridine rings is 1. The minimum atomic E-state index is -3.06. The van der Waals surface area contributed by atoms with Crippen molar-refractivity contribution in [3.8, 4) is 0 Å². The first-order valence-corrected chi connectivity index (χ1v) is 8.46. The number of aromatic carboxylic acids is 1. The van der Waals surface area contributed by atoms with E-state index in [-0.39, 0.29) is 29.1 Å². The van der Waals surface area contributed by atoms with E-state index in [1.54, 1.807) is 24.4 Å². The highest BCUT2D eigenvalue weighted by Gasteiger charge is 2.27. The summed E-state index contributed by atoms with van der Waals surface area (Å²) in [6.45, 7) is 0. The van der Waals surface area contributed by atoms with Gasteiger partial charge in [-0.25, -0.2) is 18.2 Å². The predicted molar refractivity (Wildman–Crippen MR) is 77.4 cm³/mol. The van der Waals surface area contributed by atoms with Crippen LogP contribution in [0.4, 0.5) is 5.82 Å².